The molecule has 118 valence electrons. The van der Waals surface area contributed by atoms with E-state index in [4.69, 9.17) is 0 Å². The van der Waals surface area contributed by atoms with E-state index in [0.29, 0.717) is 0 Å². The lowest BCUT2D eigenvalue weighted by Crippen LogP contribution is -2.37. The fourth-order valence-electron chi connectivity index (χ4n) is 3.82. The molecule has 3 nitrogen and oxygen atoms in total. The average Bonchev–Trinajstić information content (AvgIpc) is 2.69. The second kappa shape index (κ2) is 9.01. The van der Waals surface area contributed by atoms with Crippen molar-refractivity contribution < 1.29 is 0 Å². The zero-order chi connectivity index (χ0) is 14.2. The van der Waals surface area contributed by atoms with Crippen LogP contribution in [0.4, 0.5) is 0 Å². The highest BCUT2D eigenvalue weighted by Gasteiger charge is 2.34. The van der Waals surface area contributed by atoms with Crippen molar-refractivity contribution in [2.75, 3.05) is 39.8 Å². The molecule has 0 radical (unpaired) electrons. The molecular weight excluding hydrogens is 246 g/mol. The number of hydrogen-bond donors (Lipinski definition) is 1. The minimum Gasteiger partial charge on any atom is -0.317 e. The number of rotatable bonds is 9. The highest BCUT2D eigenvalue weighted by atomic mass is 15.3. The number of likely N-dealkylation sites (N-methyl/N-ethyl adjacent to an activating group) is 1. The molecule has 0 spiro atoms. The van der Waals surface area contributed by atoms with Crippen LogP contribution in [0.15, 0.2) is 0 Å². The Kier molecular flexibility index (Phi) is 7.32. The molecule has 0 amide bonds. The second-order valence-corrected chi connectivity index (χ2v) is 6.80. The molecule has 2 saturated heterocycles. The van der Waals surface area contributed by atoms with E-state index < -0.39 is 0 Å². The molecule has 0 aromatic heterocycles. The van der Waals surface area contributed by atoms with Crippen molar-refractivity contribution in [3.8, 4) is 0 Å². The molecule has 2 unspecified atom stereocenters. The molecule has 1 N–H and O–H groups in total. The predicted molar refractivity (Wildman–Crippen MR) is 87.3 cm³/mol. The van der Waals surface area contributed by atoms with Gasteiger partial charge in [-0.3, -0.25) is 4.90 Å². The average molecular weight is 281 g/mol. The van der Waals surface area contributed by atoms with Gasteiger partial charge in [0.2, 0.25) is 0 Å². The lowest BCUT2D eigenvalue weighted by atomic mass is 10.1. The molecule has 2 rings (SSSR count). The Morgan fingerprint density at radius 2 is 1.75 bits per heavy atom. The predicted octanol–water partition coefficient (Wildman–Crippen LogP) is 2.71. The third-order valence-corrected chi connectivity index (χ3v) is 5.24. The van der Waals surface area contributed by atoms with Gasteiger partial charge in [0, 0.05) is 18.6 Å². The number of hydrogen-bond acceptors (Lipinski definition) is 3. The molecule has 20 heavy (non-hydrogen) atoms. The van der Waals surface area contributed by atoms with Gasteiger partial charge >= 0.3 is 0 Å². The molecular formula is C17H35N3. The van der Waals surface area contributed by atoms with E-state index in [2.05, 4.69) is 29.1 Å². The fourth-order valence-corrected chi connectivity index (χ4v) is 3.82. The smallest absolute Gasteiger partial charge is 0.0223 e. The second-order valence-electron chi connectivity index (χ2n) is 6.80. The molecule has 2 aliphatic rings. The van der Waals surface area contributed by atoms with Gasteiger partial charge in [0.25, 0.3) is 0 Å². The van der Waals surface area contributed by atoms with Gasteiger partial charge in [-0.15, -0.1) is 0 Å². The minimum atomic E-state index is 0.848. The largest absolute Gasteiger partial charge is 0.317 e. The molecule has 0 aromatic rings. The van der Waals surface area contributed by atoms with Gasteiger partial charge in [-0.2, -0.15) is 0 Å². The van der Waals surface area contributed by atoms with E-state index in [1.165, 1.54) is 84.1 Å². The van der Waals surface area contributed by atoms with Crippen LogP contribution in [0.5, 0.6) is 0 Å². The van der Waals surface area contributed by atoms with Crippen LogP contribution in [0, 0.1) is 0 Å². The quantitative estimate of drug-likeness (QED) is 0.656. The van der Waals surface area contributed by atoms with Crippen molar-refractivity contribution in [2.24, 2.45) is 0 Å². The number of likely N-dealkylation sites (tertiary alicyclic amines) is 1. The maximum Gasteiger partial charge on any atom is 0.0223 e. The van der Waals surface area contributed by atoms with Crippen LogP contribution in [-0.4, -0.2) is 61.7 Å². The highest BCUT2D eigenvalue weighted by Crippen LogP contribution is 2.28. The van der Waals surface area contributed by atoms with Gasteiger partial charge < -0.3 is 10.2 Å². The first-order valence-electron chi connectivity index (χ1n) is 8.96. The standard InChI is InChI=1S/C17H35N3/c1-3-11-18-12-6-4-5-7-13-20-14-10-16-8-9-17(15-20)19(16)2/h16-18H,3-15H2,1-2H3. The zero-order valence-corrected chi connectivity index (χ0v) is 13.7. The lowest BCUT2D eigenvalue weighted by Gasteiger charge is -2.25. The molecule has 2 heterocycles. The summed E-state index contributed by atoms with van der Waals surface area (Å²) in [6.45, 7) is 8.63. The summed E-state index contributed by atoms with van der Waals surface area (Å²) in [7, 11) is 2.34. The van der Waals surface area contributed by atoms with Gasteiger partial charge in [-0.25, -0.2) is 0 Å². The van der Waals surface area contributed by atoms with E-state index in [0.717, 1.165) is 12.1 Å². The first-order chi connectivity index (χ1) is 9.81. The van der Waals surface area contributed by atoms with Gasteiger partial charge in [-0.1, -0.05) is 19.8 Å². The molecule has 2 aliphatic heterocycles. The minimum absolute atomic E-state index is 0.848. The molecule has 2 atom stereocenters. The highest BCUT2D eigenvalue weighted by molar-refractivity contribution is 4.90. The fraction of sp³-hybridized carbons (Fsp3) is 1.00. The monoisotopic (exact) mass is 281 g/mol. The summed E-state index contributed by atoms with van der Waals surface area (Å²) in [6.07, 6.45) is 11.1. The summed E-state index contributed by atoms with van der Waals surface area (Å²) in [6, 6.07) is 1.73. The van der Waals surface area contributed by atoms with Gasteiger partial charge in [-0.05, 0) is 71.8 Å². The summed E-state index contributed by atoms with van der Waals surface area (Å²) in [5.41, 5.74) is 0. The summed E-state index contributed by atoms with van der Waals surface area (Å²) >= 11 is 0. The molecule has 2 fully saturated rings. The van der Waals surface area contributed by atoms with Crippen LogP contribution >= 0.6 is 0 Å². The Balaban J connectivity index is 1.50. The van der Waals surface area contributed by atoms with Gasteiger partial charge in [0.1, 0.15) is 0 Å². The molecule has 2 bridgehead atoms. The molecule has 3 heteroatoms. The first kappa shape index (κ1) is 16.3. The van der Waals surface area contributed by atoms with E-state index in [-0.39, 0.29) is 0 Å². The van der Waals surface area contributed by atoms with E-state index in [1.807, 2.05) is 0 Å². The van der Waals surface area contributed by atoms with Crippen molar-refractivity contribution in [3.63, 3.8) is 0 Å². The summed E-state index contributed by atoms with van der Waals surface area (Å²) < 4.78 is 0. The summed E-state index contributed by atoms with van der Waals surface area (Å²) in [4.78, 5) is 5.38. The Hall–Kier alpha value is -0.120. The van der Waals surface area contributed by atoms with E-state index in [9.17, 15) is 0 Å². The number of unbranched alkanes of at least 4 members (excludes halogenated alkanes) is 3. The van der Waals surface area contributed by atoms with Crippen LogP contribution < -0.4 is 5.32 Å². The third kappa shape index (κ3) is 5.01. The van der Waals surface area contributed by atoms with Crippen molar-refractivity contribution in [2.45, 2.75) is 70.4 Å². The number of nitrogens with one attached hydrogen (secondary N) is 1. The van der Waals surface area contributed by atoms with Crippen LogP contribution in [-0.2, 0) is 0 Å². The molecule has 0 aliphatic carbocycles. The lowest BCUT2D eigenvalue weighted by molar-refractivity contribution is 0.216. The topological polar surface area (TPSA) is 18.5 Å². The van der Waals surface area contributed by atoms with Crippen molar-refractivity contribution in [3.05, 3.63) is 0 Å². The SMILES string of the molecule is CCCNCCCCCCN1CCC2CCC(C1)N2C. The molecule has 0 saturated carbocycles. The van der Waals surface area contributed by atoms with Crippen molar-refractivity contribution in [1.82, 2.24) is 15.1 Å². The van der Waals surface area contributed by atoms with E-state index >= 15 is 0 Å². The first-order valence-corrected chi connectivity index (χ1v) is 8.96. The number of nitrogens with zero attached hydrogens (tertiary/aromatic N) is 2. The zero-order valence-electron chi connectivity index (χ0n) is 13.7. The van der Waals surface area contributed by atoms with Crippen molar-refractivity contribution in [1.29, 1.82) is 0 Å². The van der Waals surface area contributed by atoms with Gasteiger partial charge in [0.15, 0.2) is 0 Å². The maximum absolute atomic E-state index is 3.49. The Morgan fingerprint density at radius 3 is 2.60 bits per heavy atom. The summed E-state index contributed by atoms with van der Waals surface area (Å²) in [5, 5.41) is 3.49. The Morgan fingerprint density at radius 1 is 0.950 bits per heavy atom. The van der Waals surface area contributed by atoms with E-state index in [1.54, 1.807) is 0 Å². The van der Waals surface area contributed by atoms with Crippen LogP contribution in [0.25, 0.3) is 0 Å². The van der Waals surface area contributed by atoms with Crippen LogP contribution in [0.1, 0.15) is 58.3 Å². The Bertz CT molecular complexity index is 257. The third-order valence-electron chi connectivity index (χ3n) is 5.24. The molecule has 0 aromatic carbocycles. The normalized spacial score (nSPS) is 27.9. The Labute approximate surface area is 126 Å². The number of fused-ring (bicyclic) bond motifs is 2. The van der Waals surface area contributed by atoms with Crippen molar-refractivity contribution >= 4 is 0 Å². The van der Waals surface area contributed by atoms with Gasteiger partial charge in [0.05, 0.1) is 0 Å². The van der Waals surface area contributed by atoms with Crippen LogP contribution in [0.3, 0.4) is 0 Å². The van der Waals surface area contributed by atoms with Crippen LogP contribution in [0.2, 0.25) is 0 Å². The maximum atomic E-state index is 3.49. The summed E-state index contributed by atoms with van der Waals surface area (Å²) in [5.74, 6) is 0.